The molecule has 0 spiro atoms. The Morgan fingerprint density at radius 3 is 3.15 bits per heavy atom. The van der Waals surface area contributed by atoms with Crippen LogP contribution in [0, 0.1) is 0 Å². The number of anilines is 1. The largest absolute Gasteiger partial charge is 0.383 e. The molecule has 1 aliphatic rings. The topological polar surface area (TPSA) is 59.0 Å². The Bertz CT molecular complexity index is 483. The first-order chi connectivity index (χ1) is 9.72. The SMILES string of the molecule is CCCCn1ncc(NCCC2CCCN2)c(Br)c1=O. The second kappa shape index (κ2) is 7.78. The van der Waals surface area contributed by atoms with Crippen molar-refractivity contribution in [2.75, 3.05) is 18.4 Å². The average molecular weight is 343 g/mol. The van der Waals surface area contributed by atoms with Crippen LogP contribution in [0.3, 0.4) is 0 Å². The molecule has 0 radical (unpaired) electrons. The third kappa shape index (κ3) is 4.06. The van der Waals surface area contributed by atoms with Crippen molar-refractivity contribution in [2.24, 2.45) is 0 Å². The van der Waals surface area contributed by atoms with Crippen LogP contribution in [0.15, 0.2) is 15.5 Å². The van der Waals surface area contributed by atoms with E-state index < -0.39 is 0 Å². The molecule has 0 bridgehead atoms. The van der Waals surface area contributed by atoms with Gasteiger partial charge in [0.05, 0.1) is 11.9 Å². The van der Waals surface area contributed by atoms with E-state index in [9.17, 15) is 4.79 Å². The maximum atomic E-state index is 12.1. The van der Waals surface area contributed by atoms with Gasteiger partial charge >= 0.3 is 0 Å². The van der Waals surface area contributed by atoms with Crippen LogP contribution < -0.4 is 16.2 Å². The number of aromatic nitrogens is 2. The van der Waals surface area contributed by atoms with Crippen LogP contribution >= 0.6 is 15.9 Å². The van der Waals surface area contributed by atoms with Crippen LogP contribution in [-0.4, -0.2) is 28.9 Å². The zero-order valence-electron chi connectivity index (χ0n) is 12.0. The highest BCUT2D eigenvalue weighted by Gasteiger charge is 2.14. The van der Waals surface area contributed by atoms with Crippen LogP contribution in [0.2, 0.25) is 0 Å². The number of aryl methyl sites for hydroxylation is 1. The lowest BCUT2D eigenvalue weighted by Gasteiger charge is -2.13. The highest BCUT2D eigenvalue weighted by atomic mass is 79.9. The summed E-state index contributed by atoms with van der Waals surface area (Å²) in [5, 5.41) is 11.0. The smallest absolute Gasteiger partial charge is 0.283 e. The van der Waals surface area contributed by atoms with E-state index in [1.54, 1.807) is 6.20 Å². The predicted molar refractivity (Wildman–Crippen MR) is 85.2 cm³/mol. The molecule has 20 heavy (non-hydrogen) atoms. The second-order valence-corrected chi connectivity index (χ2v) is 6.06. The van der Waals surface area contributed by atoms with Gasteiger partial charge in [0.2, 0.25) is 0 Å². The van der Waals surface area contributed by atoms with Gasteiger partial charge in [-0.05, 0) is 48.2 Å². The van der Waals surface area contributed by atoms with E-state index >= 15 is 0 Å². The lowest BCUT2D eigenvalue weighted by Crippen LogP contribution is -2.26. The Labute approximate surface area is 128 Å². The van der Waals surface area contributed by atoms with Gasteiger partial charge in [-0.3, -0.25) is 4.79 Å². The summed E-state index contributed by atoms with van der Waals surface area (Å²) in [6.45, 7) is 4.77. The van der Waals surface area contributed by atoms with Crippen molar-refractivity contribution in [1.82, 2.24) is 15.1 Å². The van der Waals surface area contributed by atoms with Crippen molar-refractivity contribution in [3.8, 4) is 0 Å². The van der Waals surface area contributed by atoms with Crippen LogP contribution in [0.5, 0.6) is 0 Å². The summed E-state index contributed by atoms with van der Waals surface area (Å²) in [4.78, 5) is 12.1. The molecule has 6 heteroatoms. The van der Waals surface area contributed by atoms with Gasteiger partial charge in [-0.1, -0.05) is 13.3 Å². The summed E-state index contributed by atoms with van der Waals surface area (Å²) >= 11 is 3.39. The van der Waals surface area contributed by atoms with Crippen LogP contribution in [0.4, 0.5) is 5.69 Å². The Morgan fingerprint density at radius 2 is 2.45 bits per heavy atom. The minimum Gasteiger partial charge on any atom is -0.383 e. The number of nitrogens with one attached hydrogen (secondary N) is 2. The van der Waals surface area contributed by atoms with Crippen molar-refractivity contribution in [1.29, 1.82) is 0 Å². The summed E-state index contributed by atoms with van der Waals surface area (Å²) in [5.41, 5.74) is 0.739. The molecule has 1 aromatic rings. The van der Waals surface area contributed by atoms with Gasteiger partial charge in [0.25, 0.3) is 5.56 Å². The molecule has 0 saturated carbocycles. The van der Waals surface area contributed by atoms with Crippen LogP contribution in [-0.2, 0) is 6.54 Å². The monoisotopic (exact) mass is 342 g/mol. The van der Waals surface area contributed by atoms with Gasteiger partial charge in [0, 0.05) is 19.1 Å². The summed E-state index contributed by atoms with van der Waals surface area (Å²) in [7, 11) is 0. The molecule has 2 N–H and O–H groups in total. The fraction of sp³-hybridized carbons (Fsp3) is 0.714. The number of unbranched alkanes of at least 4 members (excludes halogenated alkanes) is 1. The number of halogens is 1. The van der Waals surface area contributed by atoms with Crippen molar-refractivity contribution >= 4 is 21.6 Å². The van der Waals surface area contributed by atoms with E-state index in [0.29, 0.717) is 17.1 Å². The first kappa shape index (κ1) is 15.5. The van der Waals surface area contributed by atoms with Crippen molar-refractivity contribution in [2.45, 2.75) is 51.6 Å². The summed E-state index contributed by atoms with van der Waals surface area (Å²) in [6.07, 6.45) is 7.36. The fourth-order valence-electron chi connectivity index (χ4n) is 2.44. The Balaban J connectivity index is 1.91. The average Bonchev–Trinajstić information content (AvgIpc) is 2.96. The molecule has 1 aliphatic heterocycles. The lowest BCUT2D eigenvalue weighted by atomic mass is 10.1. The molecular formula is C14H23BrN4O. The van der Waals surface area contributed by atoms with E-state index in [2.05, 4.69) is 38.6 Å². The Kier molecular flexibility index (Phi) is 6.04. The van der Waals surface area contributed by atoms with Gasteiger partial charge in [-0.2, -0.15) is 5.10 Å². The quantitative estimate of drug-likeness (QED) is 0.798. The summed E-state index contributed by atoms with van der Waals surface area (Å²) < 4.78 is 2.11. The molecule has 1 aromatic heterocycles. The number of hydrogen-bond acceptors (Lipinski definition) is 4. The third-order valence-electron chi connectivity index (χ3n) is 3.68. The van der Waals surface area contributed by atoms with Gasteiger partial charge in [0.1, 0.15) is 4.47 Å². The maximum absolute atomic E-state index is 12.1. The fourth-order valence-corrected chi connectivity index (χ4v) is 2.89. The standard InChI is InChI=1S/C14H23BrN4O/c1-2-3-9-19-14(20)13(15)12(10-18-19)17-8-6-11-5-4-7-16-11/h10-11,16-17H,2-9H2,1H3. The first-order valence-electron chi connectivity index (χ1n) is 7.45. The molecule has 2 rings (SSSR count). The highest BCUT2D eigenvalue weighted by Crippen LogP contribution is 2.17. The molecule has 1 unspecified atom stereocenters. The van der Waals surface area contributed by atoms with Gasteiger partial charge in [0.15, 0.2) is 0 Å². The third-order valence-corrected chi connectivity index (χ3v) is 4.45. The normalized spacial score (nSPS) is 18.4. The Morgan fingerprint density at radius 1 is 1.60 bits per heavy atom. The molecule has 2 heterocycles. The number of hydrogen-bond donors (Lipinski definition) is 2. The zero-order chi connectivity index (χ0) is 14.4. The second-order valence-electron chi connectivity index (χ2n) is 5.26. The van der Waals surface area contributed by atoms with Crippen LogP contribution in [0.25, 0.3) is 0 Å². The van der Waals surface area contributed by atoms with E-state index in [1.807, 2.05) is 0 Å². The Hall–Kier alpha value is -0.880. The van der Waals surface area contributed by atoms with E-state index in [-0.39, 0.29) is 5.56 Å². The number of nitrogens with zero attached hydrogens (tertiary/aromatic N) is 2. The molecular weight excluding hydrogens is 320 g/mol. The van der Waals surface area contributed by atoms with Gasteiger partial charge in [-0.15, -0.1) is 0 Å². The predicted octanol–water partition coefficient (Wildman–Crippen LogP) is 2.36. The van der Waals surface area contributed by atoms with Crippen molar-refractivity contribution in [3.05, 3.63) is 21.0 Å². The van der Waals surface area contributed by atoms with Crippen molar-refractivity contribution < 1.29 is 0 Å². The minimum absolute atomic E-state index is 0.0533. The zero-order valence-corrected chi connectivity index (χ0v) is 13.6. The van der Waals surface area contributed by atoms with E-state index in [0.717, 1.165) is 38.0 Å². The molecule has 1 atom stereocenters. The number of rotatable bonds is 7. The van der Waals surface area contributed by atoms with E-state index in [1.165, 1.54) is 17.5 Å². The van der Waals surface area contributed by atoms with Crippen molar-refractivity contribution in [3.63, 3.8) is 0 Å². The maximum Gasteiger partial charge on any atom is 0.283 e. The van der Waals surface area contributed by atoms with Gasteiger partial charge in [-0.25, -0.2) is 4.68 Å². The molecule has 1 fully saturated rings. The summed E-state index contributed by atoms with van der Waals surface area (Å²) in [5.74, 6) is 0. The van der Waals surface area contributed by atoms with Crippen LogP contribution in [0.1, 0.15) is 39.0 Å². The van der Waals surface area contributed by atoms with E-state index in [4.69, 9.17) is 0 Å². The molecule has 0 amide bonds. The molecule has 0 aromatic carbocycles. The van der Waals surface area contributed by atoms with Gasteiger partial charge < -0.3 is 10.6 Å². The molecule has 0 aliphatic carbocycles. The minimum atomic E-state index is -0.0533. The summed E-state index contributed by atoms with van der Waals surface area (Å²) in [6, 6.07) is 0.610. The molecule has 5 nitrogen and oxygen atoms in total. The molecule has 1 saturated heterocycles. The molecule has 112 valence electrons. The lowest BCUT2D eigenvalue weighted by molar-refractivity contribution is 0.540. The first-order valence-corrected chi connectivity index (χ1v) is 8.24. The highest BCUT2D eigenvalue weighted by molar-refractivity contribution is 9.10.